The van der Waals surface area contributed by atoms with Crippen LogP contribution in [0.1, 0.15) is 77.0 Å². The predicted molar refractivity (Wildman–Crippen MR) is 82.3 cm³/mol. The third-order valence-corrected chi connectivity index (χ3v) is 3.58. The summed E-state index contributed by atoms with van der Waals surface area (Å²) in [6.45, 7) is 13.9. The molecule has 1 aromatic rings. The van der Waals surface area contributed by atoms with Gasteiger partial charge in [-0.15, -0.1) is 0 Å². The molecule has 1 aromatic carbocycles. The van der Waals surface area contributed by atoms with Gasteiger partial charge < -0.3 is 0 Å². The zero-order chi connectivity index (χ0) is 13.8. The average molecular weight is 246 g/mol. The van der Waals surface area contributed by atoms with E-state index in [0.29, 0.717) is 11.3 Å². The first-order valence-corrected chi connectivity index (χ1v) is 7.46. The van der Waals surface area contributed by atoms with Gasteiger partial charge in [0.05, 0.1) is 0 Å². The van der Waals surface area contributed by atoms with E-state index in [-0.39, 0.29) is 0 Å². The molecule has 0 heteroatoms. The lowest BCUT2D eigenvalue weighted by Gasteiger charge is -2.21. The van der Waals surface area contributed by atoms with Crippen molar-refractivity contribution >= 4 is 0 Å². The Kier molecular flexibility index (Phi) is 5.44. The molecule has 0 amide bonds. The van der Waals surface area contributed by atoms with E-state index < -0.39 is 0 Å². The van der Waals surface area contributed by atoms with Crippen LogP contribution in [0.5, 0.6) is 0 Å². The van der Waals surface area contributed by atoms with Crippen LogP contribution in [0, 0.1) is 5.41 Å². The van der Waals surface area contributed by atoms with E-state index in [0.717, 1.165) is 0 Å². The van der Waals surface area contributed by atoms with E-state index in [1.165, 1.54) is 25.7 Å². The Morgan fingerprint density at radius 1 is 1.06 bits per heavy atom. The third-order valence-electron chi connectivity index (χ3n) is 3.58. The molecule has 0 bridgehead atoms. The van der Waals surface area contributed by atoms with Crippen LogP contribution in [-0.4, -0.2) is 0 Å². The molecule has 0 spiro atoms. The van der Waals surface area contributed by atoms with Gasteiger partial charge in [0.25, 0.3) is 0 Å². The van der Waals surface area contributed by atoms with Gasteiger partial charge in [0.15, 0.2) is 0 Å². The molecule has 0 aromatic heterocycles. The summed E-state index contributed by atoms with van der Waals surface area (Å²) in [5.74, 6) is 0.640. The normalized spacial score (nSPS) is 12.2. The molecule has 0 fully saturated rings. The van der Waals surface area contributed by atoms with Crippen LogP contribution in [0.3, 0.4) is 0 Å². The Hall–Kier alpha value is -0.780. The van der Waals surface area contributed by atoms with Gasteiger partial charge in [0.1, 0.15) is 0 Å². The minimum Gasteiger partial charge on any atom is -0.0651 e. The summed E-state index contributed by atoms with van der Waals surface area (Å²) < 4.78 is 0. The number of aryl methyl sites for hydroxylation is 1. The summed E-state index contributed by atoms with van der Waals surface area (Å²) in [7, 11) is 0. The molecule has 0 unspecified atom stereocenters. The molecular weight excluding hydrogens is 216 g/mol. The molecule has 0 aliphatic carbocycles. The van der Waals surface area contributed by atoms with Gasteiger partial charge in [-0.05, 0) is 47.3 Å². The van der Waals surface area contributed by atoms with Crippen molar-refractivity contribution in [2.24, 2.45) is 5.41 Å². The third kappa shape index (κ3) is 4.48. The summed E-state index contributed by atoms with van der Waals surface area (Å²) >= 11 is 0. The zero-order valence-electron chi connectivity index (χ0n) is 13.1. The fourth-order valence-electron chi connectivity index (χ4n) is 2.49. The van der Waals surface area contributed by atoms with E-state index in [1.807, 2.05) is 0 Å². The standard InChI is InChI=1S/C18H30/c1-7-9-17-15(12-13-18(4,5)6)10-8-11-16(17)14(2)3/h8,10-11,14H,7,9,12-13H2,1-6H3. The Morgan fingerprint density at radius 2 is 1.72 bits per heavy atom. The molecule has 0 atom stereocenters. The highest BCUT2D eigenvalue weighted by molar-refractivity contribution is 5.37. The number of rotatable bonds is 5. The molecule has 0 heterocycles. The fourth-order valence-corrected chi connectivity index (χ4v) is 2.49. The molecule has 0 saturated heterocycles. The Morgan fingerprint density at radius 3 is 2.22 bits per heavy atom. The minimum absolute atomic E-state index is 0.428. The van der Waals surface area contributed by atoms with Crippen molar-refractivity contribution in [2.75, 3.05) is 0 Å². The summed E-state index contributed by atoms with van der Waals surface area (Å²) in [5.41, 5.74) is 5.19. The summed E-state index contributed by atoms with van der Waals surface area (Å²) in [6.07, 6.45) is 4.96. The lowest BCUT2D eigenvalue weighted by molar-refractivity contribution is 0.377. The summed E-state index contributed by atoms with van der Waals surface area (Å²) in [4.78, 5) is 0. The monoisotopic (exact) mass is 246 g/mol. The fraction of sp³-hybridized carbons (Fsp3) is 0.667. The van der Waals surface area contributed by atoms with Crippen molar-refractivity contribution in [3.8, 4) is 0 Å². The van der Waals surface area contributed by atoms with Crippen LogP contribution >= 0.6 is 0 Å². The van der Waals surface area contributed by atoms with Crippen molar-refractivity contribution < 1.29 is 0 Å². The molecule has 0 N–H and O–H groups in total. The Bertz CT molecular complexity index is 366. The van der Waals surface area contributed by atoms with Gasteiger partial charge >= 0.3 is 0 Å². The van der Waals surface area contributed by atoms with Gasteiger partial charge in [-0.25, -0.2) is 0 Å². The second kappa shape index (κ2) is 6.41. The maximum Gasteiger partial charge on any atom is -0.0216 e. The number of benzene rings is 1. The minimum atomic E-state index is 0.428. The number of hydrogen-bond acceptors (Lipinski definition) is 0. The van der Waals surface area contributed by atoms with Crippen LogP contribution in [-0.2, 0) is 12.8 Å². The molecule has 0 aliphatic rings. The Labute approximate surface area is 114 Å². The SMILES string of the molecule is CCCc1c(CCC(C)(C)C)cccc1C(C)C. The van der Waals surface area contributed by atoms with Gasteiger partial charge in [-0.1, -0.05) is 66.2 Å². The lowest BCUT2D eigenvalue weighted by atomic mass is 9.84. The van der Waals surface area contributed by atoms with E-state index >= 15 is 0 Å². The summed E-state index contributed by atoms with van der Waals surface area (Å²) in [6, 6.07) is 6.89. The second-order valence-corrected chi connectivity index (χ2v) is 6.95. The molecule has 0 saturated carbocycles. The molecule has 1 rings (SSSR count). The highest BCUT2D eigenvalue weighted by Gasteiger charge is 2.14. The second-order valence-electron chi connectivity index (χ2n) is 6.95. The first-order valence-electron chi connectivity index (χ1n) is 7.46. The molecular formula is C18H30. The van der Waals surface area contributed by atoms with Crippen LogP contribution in [0.15, 0.2) is 18.2 Å². The van der Waals surface area contributed by atoms with Crippen LogP contribution in [0.2, 0.25) is 0 Å². The van der Waals surface area contributed by atoms with Gasteiger partial charge in [0.2, 0.25) is 0 Å². The highest BCUT2D eigenvalue weighted by atomic mass is 14.2. The molecule has 0 nitrogen and oxygen atoms in total. The lowest BCUT2D eigenvalue weighted by Crippen LogP contribution is -2.09. The van der Waals surface area contributed by atoms with Crippen molar-refractivity contribution in [1.29, 1.82) is 0 Å². The van der Waals surface area contributed by atoms with Crippen molar-refractivity contribution in [1.82, 2.24) is 0 Å². The first-order chi connectivity index (χ1) is 8.35. The van der Waals surface area contributed by atoms with Gasteiger partial charge in [0, 0.05) is 0 Å². The van der Waals surface area contributed by atoms with Crippen LogP contribution < -0.4 is 0 Å². The zero-order valence-corrected chi connectivity index (χ0v) is 13.1. The quantitative estimate of drug-likeness (QED) is 0.621. The largest absolute Gasteiger partial charge is 0.0651 e. The van der Waals surface area contributed by atoms with Crippen LogP contribution in [0.25, 0.3) is 0 Å². The Balaban J connectivity index is 2.99. The molecule has 18 heavy (non-hydrogen) atoms. The smallest absolute Gasteiger partial charge is 0.0216 e. The molecule has 0 radical (unpaired) electrons. The first kappa shape index (κ1) is 15.3. The van der Waals surface area contributed by atoms with E-state index in [2.05, 4.69) is 59.7 Å². The molecule has 102 valence electrons. The van der Waals surface area contributed by atoms with Crippen molar-refractivity contribution in [3.05, 3.63) is 34.9 Å². The summed E-state index contributed by atoms with van der Waals surface area (Å²) in [5, 5.41) is 0. The van der Waals surface area contributed by atoms with Gasteiger partial charge in [-0.2, -0.15) is 0 Å². The van der Waals surface area contributed by atoms with E-state index in [4.69, 9.17) is 0 Å². The highest BCUT2D eigenvalue weighted by Crippen LogP contribution is 2.28. The number of hydrogen-bond donors (Lipinski definition) is 0. The van der Waals surface area contributed by atoms with Crippen molar-refractivity contribution in [2.45, 2.75) is 73.1 Å². The maximum atomic E-state index is 2.34. The predicted octanol–water partition coefficient (Wildman–Crippen LogP) is 5.74. The van der Waals surface area contributed by atoms with E-state index in [9.17, 15) is 0 Å². The topological polar surface area (TPSA) is 0 Å². The van der Waals surface area contributed by atoms with Crippen LogP contribution in [0.4, 0.5) is 0 Å². The van der Waals surface area contributed by atoms with Gasteiger partial charge in [-0.3, -0.25) is 0 Å². The maximum absolute atomic E-state index is 2.34. The van der Waals surface area contributed by atoms with E-state index in [1.54, 1.807) is 16.7 Å². The molecule has 0 aliphatic heterocycles. The van der Waals surface area contributed by atoms with Crippen molar-refractivity contribution in [3.63, 3.8) is 0 Å². The average Bonchev–Trinajstić information content (AvgIpc) is 2.26.